The number of ether oxygens (including phenoxy) is 2. The Morgan fingerprint density at radius 1 is 1.20 bits per heavy atom. The number of sulfonamides is 1. The first-order valence-electron chi connectivity index (χ1n) is 9.39. The van der Waals surface area contributed by atoms with Gasteiger partial charge in [0.25, 0.3) is 0 Å². The lowest BCUT2D eigenvalue weighted by atomic mass is 9.95. The lowest BCUT2D eigenvalue weighted by molar-refractivity contribution is -0.114. The molecule has 1 amide bonds. The van der Waals surface area contributed by atoms with Gasteiger partial charge in [-0.2, -0.15) is 0 Å². The van der Waals surface area contributed by atoms with Crippen LogP contribution in [0.2, 0.25) is 0 Å². The van der Waals surface area contributed by atoms with Gasteiger partial charge in [0.05, 0.1) is 31.7 Å². The molecule has 10 heteroatoms. The molecule has 1 N–H and O–H groups in total. The number of nitrogens with one attached hydrogen (secondary N) is 1. The maximum Gasteiger partial charge on any atom is 0.341 e. The number of amides is 1. The fourth-order valence-corrected chi connectivity index (χ4v) is 5.58. The predicted molar refractivity (Wildman–Crippen MR) is 116 cm³/mol. The quantitative estimate of drug-likeness (QED) is 0.648. The Kier molecular flexibility index (Phi) is 6.67. The highest BCUT2D eigenvalue weighted by atomic mass is 32.2. The number of carbonyl (C=O) groups is 2. The van der Waals surface area contributed by atoms with Crippen molar-refractivity contribution >= 4 is 43.9 Å². The van der Waals surface area contributed by atoms with Gasteiger partial charge in [-0.05, 0) is 43.4 Å². The van der Waals surface area contributed by atoms with Crippen LogP contribution in [0.25, 0.3) is 0 Å². The first kappa shape index (κ1) is 22.1. The Balaban J connectivity index is 1.88. The summed E-state index contributed by atoms with van der Waals surface area (Å²) in [6.45, 7) is -0.435. The van der Waals surface area contributed by atoms with E-state index in [4.69, 9.17) is 9.47 Å². The van der Waals surface area contributed by atoms with Crippen molar-refractivity contribution in [2.45, 2.75) is 25.7 Å². The summed E-state index contributed by atoms with van der Waals surface area (Å²) in [5, 5.41) is 3.13. The van der Waals surface area contributed by atoms with E-state index in [9.17, 15) is 18.0 Å². The number of rotatable bonds is 7. The zero-order valence-corrected chi connectivity index (χ0v) is 18.7. The topological polar surface area (TPSA) is 102 Å². The lowest BCUT2D eigenvalue weighted by Gasteiger charge is -2.22. The van der Waals surface area contributed by atoms with Gasteiger partial charge >= 0.3 is 5.97 Å². The van der Waals surface area contributed by atoms with Crippen molar-refractivity contribution in [3.63, 3.8) is 0 Å². The summed E-state index contributed by atoms with van der Waals surface area (Å²) < 4.78 is 35.7. The van der Waals surface area contributed by atoms with Gasteiger partial charge in [-0.1, -0.05) is 6.07 Å². The van der Waals surface area contributed by atoms with Crippen molar-refractivity contribution in [2.75, 3.05) is 36.6 Å². The van der Waals surface area contributed by atoms with Crippen molar-refractivity contribution < 1.29 is 27.5 Å². The second-order valence-electron chi connectivity index (χ2n) is 6.93. The fourth-order valence-electron chi connectivity index (χ4n) is 3.43. The molecule has 0 aliphatic heterocycles. The maximum atomic E-state index is 12.8. The van der Waals surface area contributed by atoms with E-state index < -0.39 is 28.4 Å². The third-order valence-corrected chi connectivity index (χ3v) is 7.19. The van der Waals surface area contributed by atoms with Crippen molar-refractivity contribution in [2.24, 2.45) is 0 Å². The van der Waals surface area contributed by atoms with Gasteiger partial charge in [0, 0.05) is 10.9 Å². The van der Waals surface area contributed by atoms with Crippen LogP contribution < -0.4 is 14.4 Å². The number of benzene rings is 1. The van der Waals surface area contributed by atoms with Crippen LogP contribution in [0.5, 0.6) is 5.75 Å². The minimum absolute atomic E-state index is 0.311. The van der Waals surface area contributed by atoms with Crippen molar-refractivity contribution in [3.8, 4) is 5.75 Å². The Labute approximate surface area is 179 Å². The van der Waals surface area contributed by atoms with E-state index in [1.54, 1.807) is 18.2 Å². The molecule has 30 heavy (non-hydrogen) atoms. The second-order valence-corrected chi connectivity index (χ2v) is 9.94. The number of thiophene rings is 1. The van der Waals surface area contributed by atoms with Crippen LogP contribution >= 0.6 is 11.3 Å². The zero-order valence-electron chi connectivity index (χ0n) is 17.1. The SMILES string of the molecule is COC(=O)c1c(NC(=O)CN(c2cccc(OC)c2)S(C)(=O)=O)sc2c1CCCC2. The fraction of sp³-hybridized carbons (Fsp3) is 0.400. The van der Waals surface area contributed by atoms with Gasteiger partial charge in [-0.15, -0.1) is 11.3 Å². The number of anilines is 2. The molecule has 162 valence electrons. The third-order valence-electron chi connectivity index (χ3n) is 4.84. The van der Waals surface area contributed by atoms with Gasteiger partial charge in [-0.25, -0.2) is 13.2 Å². The van der Waals surface area contributed by atoms with E-state index in [2.05, 4.69) is 5.32 Å². The van der Waals surface area contributed by atoms with Crippen molar-refractivity contribution in [1.82, 2.24) is 0 Å². The molecule has 1 aromatic carbocycles. The molecule has 3 rings (SSSR count). The molecular weight excluding hydrogens is 428 g/mol. The molecule has 0 radical (unpaired) electrons. The smallest absolute Gasteiger partial charge is 0.341 e. The molecule has 0 fully saturated rings. The van der Waals surface area contributed by atoms with Gasteiger partial charge < -0.3 is 14.8 Å². The minimum Gasteiger partial charge on any atom is -0.497 e. The number of fused-ring (bicyclic) bond motifs is 1. The van der Waals surface area contributed by atoms with E-state index in [-0.39, 0.29) is 0 Å². The van der Waals surface area contributed by atoms with E-state index in [1.807, 2.05) is 0 Å². The highest BCUT2D eigenvalue weighted by Crippen LogP contribution is 2.38. The highest BCUT2D eigenvalue weighted by Gasteiger charge is 2.28. The number of aryl methyl sites for hydroxylation is 1. The molecule has 1 aliphatic carbocycles. The third kappa shape index (κ3) is 4.76. The monoisotopic (exact) mass is 452 g/mol. The standard InChI is InChI=1S/C20H24N2O6S2/c1-27-14-8-6-7-13(11-14)22(30(3,25)26)12-17(23)21-19-18(20(24)28-2)15-9-4-5-10-16(15)29-19/h6-8,11H,4-5,9-10,12H2,1-3H3,(H,21,23). The molecule has 1 aromatic heterocycles. The number of methoxy groups -OCH3 is 2. The largest absolute Gasteiger partial charge is 0.497 e. The first-order chi connectivity index (χ1) is 14.2. The van der Waals surface area contributed by atoms with E-state index in [1.165, 1.54) is 31.6 Å². The summed E-state index contributed by atoms with van der Waals surface area (Å²) in [4.78, 5) is 26.2. The van der Waals surface area contributed by atoms with Crippen molar-refractivity contribution in [3.05, 3.63) is 40.3 Å². The van der Waals surface area contributed by atoms with Crippen LogP contribution in [0.1, 0.15) is 33.6 Å². The Morgan fingerprint density at radius 2 is 1.93 bits per heavy atom. The number of hydrogen-bond donors (Lipinski definition) is 1. The molecule has 1 heterocycles. The molecule has 8 nitrogen and oxygen atoms in total. The summed E-state index contributed by atoms with van der Waals surface area (Å²) in [7, 11) is -0.959. The molecule has 0 unspecified atom stereocenters. The van der Waals surface area contributed by atoms with Crippen molar-refractivity contribution in [1.29, 1.82) is 0 Å². The molecule has 0 saturated carbocycles. The second kappa shape index (κ2) is 9.05. The van der Waals surface area contributed by atoms with Crippen LogP contribution in [0.4, 0.5) is 10.7 Å². The number of carbonyl (C=O) groups excluding carboxylic acids is 2. The van der Waals surface area contributed by atoms with E-state index in [0.717, 1.165) is 46.7 Å². The summed E-state index contributed by atoms with van der Waals surface area (Å²) in [5.74, 6) is -0.579. The summed E-state index contributed by atoms with van der Waals surface area (Å²) in [6, 6.07) is 6.45. The van der Waals surface area contributed by atoms with Crippen LogP contribution in [0, 0.1) is 0 Å². The lowest BCUT2D eigenvalue weighted by Crippen LogP contribution is -2.37. The Bertz CT molecular complexity index is 1060. The van der Waals surface area contributed by atoms with Crippen LogP contribution in [-0.2, 0) is 32.4 Å². The molecule has 0 atom stereocenters. The molecule has 1 aliphatic rings. The number of hydrogen-bond acceptors (Lipinski definition) is 7. The van der Waals surface area contributed by atoms with Gasteiger partial charge in [0.1, 0.15) is 17.3 Å². The summed E-state index contributed by atoms with van der Waals surface area (Å²) in [6.07, 6.45) is 4.63. The average Bonchev–Trinajstić information content (AvgIpc) is 3.08. The van der Waals surface area contributed by atoms with Gasteiger partial charge in [0.15, 0.2) is 0 Å². The molecular formula is C20H24N2O6S2. The normalized spacial score (nSPS) is 13.3. The Hall–Kier alpha value is -2.59. The number of esters is 1. The predicted octanol–water partition coefficient (Wildman–Crippen LogP) is 2.83. The van der Waals surface area contributed by atoms with Crippen LogP contribution in [0.15, 0.2) is 24.3 Å². The molecule has 0 bridgehead atoms. The molecule has 0 saturated heterocycles. The Morgan fingerprint density at radius 3 is 2.60 bits per heavy atom. The number of nitrogens with zero attached hydrogens (tertiary/aromatic N) is 1. The summed E-state index contributed by atoms with van der Waals surface area (Å²) in [5.41, 5.74) is 1.60. The maximum absolute atomic E-state index is 12.8. The molecule has 2 aromatic rings. The highest BCUT2D eigenvalue weighted by molar-refractivity contribution is 7.92. The summed E-state index contributed by atoms with van der Waals surface area (Å²) >= 11 is 1.35. The average molecular weight is 453 g/mol. The van der Waals surface area contributed by atoms with Gasteiger partial charge in [0.2, 0.25) is 15.9 Å². The van der Waals surface area contributed by atoms with Gasteiger partial charge in [-0.3, -0.25) is 9.10 Å². The van der Waals surface area contributed by atoms with E-state index in [0.29, 0.717) is 22.0 Å². The zero-order chi connectivity index (χ0) is 21.9. The van der Waals surface area contributed by atoms with Crippen LogP contribution in [0.3, 0.4) is 0 Å². The molecule has 0 spiro atoms. The van der Waals surface area contributed by atoms with Crippen LogP contribution in [-0.4, -0.2) is 47.3 Å². The minimum atomic E-state index is -3.73. The van der Waals surface area contributed by atoms with E-state index >= 15 is 0 Å². The first-order valence-corrected chi connectivity index (χ1v) is 12.1.